The highest BCUT2D eigenvalue weighted by Gasteiger charge is 2.24. The molecule has 0 bridgehead atoms. The molecule has 1 aromatic rings. The second kappa shape index (κ2) is 6.55. The third kappa shape index (κ3) is 3.90. The molecule has 1 aromatic carbocycles. The normalized spacial score (nSPS) is 23.0. The van der Waals surface area contributed by atoms with E-state index in [2.05, 4.69) is 0 Å². The number of hydrogen-bond donors (Lipinski definition) is 0. The third-order valence-electron chi connectivity index (χ3n) is 4.16. The summed E-state index contributed by atoms with van der Waals surface area (Å²) < 4.78 is 34.4. The lowest BCUT2D eigenvalue weighted by molar-refractivity contribution is 0.0207. The first-order chi connectivity index (χ1) is 9.82. The Morgan fingerprint density at radius 1 is 1.14 bits per heavy atom. The number of halogens is 1. The van der Waals surface area contributed by atoms with Crippen molar-refractivity contribution in [2.45, 2.75) is 56.6 Å². The summed E-state index contributed by atoms with van der Waals surface area (Å²) in [6.07, 6.45) is 4.36. The molecule has 118 valence electrons. The highest BCUT2D eigenvalue weighted by Crippen LogP contribution is 2.32. The maximum atomic E-state index is 11.5. The Bertz CT molecular complexity index is 612. The van der Waals surface area contributed by atoms with Crippen molar-refractivity contribution < 1.29 is 17.9 Å². The van der Waals surface area contributed by atoms with E-state index in [4.69, 9.17) is 20.2 Å². The van der Waals surface area contributed by atoms with Gasteiger partial charge in [-0.1, -0.05) is 0 Å². The first-order valence-electron chi connectivity index (χ1n) is 7.07. The quantitative estimate of drug-likeness (QED) is 0.791. The minimum absolute atomic E-state index is 0.111. The van der Waals surface area contributed by atoms with Crippen LogP contribution < -0.4 is 4.74 Å². The number of hydrogen-bond acceptors (Lipinski definition) is 4. The van der Waals surface area contributed by atoms with Gasteiger partial charge in [0.25, 0.3) is 9.05 Å². The molecule has 1 fully saturated rings. The lowest BCUT2D eigenvalue weighted by Gasteiger charge is -2.29. The van der Waals surface area contributed by atoms with Crippen LogP contribution in [0.4, 0.5) is 0 Å². The summed E-state index contributed by atoms with van der Waals surface area (Å²) in [5.74, 6) is 0.721. The first-order valence-corrected chi connectivity index (χ1v) is 9.38. The fraction of sp³-hybridized carbons (Fsp3) is 0.600. The van der Waals surface area contributed by atoms with E-state index < -0.39 is 9.05 Å². The molecule has 0 amide bonds. The minimum Gasteiger partial charge on any atom is -0.490 e. The van der Waals surface area contributed by atoms with E-state index in [0.29, 0.717) is 5.56 Å². The number of rotatable bonds is 4. The van der Waals surface area contributed by atoms with Crippen LogP contribution in [0.25, 0.3) is 0 Å². The molecule has 21 heavy (non-hydrogen) atoms. The zero-order valence-electron chi connectivity index (χ0n) is 12.6. The van der Waals surface area contributed by atoms with Crippen molar-refractivity contribution >= 4 is 19.7 Å². The minimum atomic E-state index is -3.72. The van der Waals surface area contributed by atoms with Gasteiger partial charge in [0.1, 0.15) is 11.9 Å². The van der Waals surface area contributed by atoms with Crippen LogP contribution in [0.1, 0.15) is 36.8 Å². The van der Waals surface area contributed by atoms with Crippen molar-refractivity contribution in [2.24, 2.45) is 0 Å². The summed E-state index contributed by atoms with van der Waals surface area (Å²) in [5.41, 5.74) is 1.46. The molecule has 1 saturated carbocycles. The summed E-state index contributed by atoms with van der Waals surface area (Å²) in [4.78, 5) is 0.146. The molecule has 2 atom stereocenters. The largest absolute Gasteiger partial charge is 0.490 e. The molecule has 4 nitrogen and oxygen atoms in total. The molecule has 2 unspecified atom stereocenters. The van der Waals surface area contributed by atoms with Gasteiger partial charge < -0.3 is 9.47 Å². The Hall–Kier alpha value is -0.780. The predicted molar refractivity (Wildman–Crippen MR) is 82.6 cm³/mol. The molecule has 0 aromatic heterocycles. The van der Waals surface area contributed by atoms with Crippen LogP contribution in [-0.2, 0) is 13.8 Å². The van der Waals surface area contributed by atoms with Gasteiger partial charge in [0.05, 0.1) is 11.0 Å². The molecule has 0 aliphatic heterocycles. The first kappa shape index (κ1) is 16.6. The summed E-state index contributed by atoms with van der Waals surface area (Å²) in [6.45, 7) is 3.60. The zero-order valence-corrected chi connectivity index (χ0v) is 14.1. The molecular formula is C15H21ClO4S. The van der Waals surface area contributed by atoms with Gasteiger partial charge in [-0.05, 0) is 56.4 Å². The van der Waals surface area contributed by atoms with Crippen LogP contribution in [0.5, 0.6) is 5.75 Å². The molecule has 0 saturated heterocycles. The molecule has 6 heteroatoms. The lowest BCUT2D eigenvalue weighted by atomic mass is 9.94. The number of ether oxygens (including phenoxy) is 2. The Labute approximate surface area is 130 Å². The SMILES string of the molecule is COC1CCCC(Oc2ccc(S(=O)(=O)Cl)c(C)c2C)C1. The summed E-state index contributed by atoms with van der Waals surface area (Å²) in [6, 6.07) is 3.20. The van der Waals surface area contributed by atoms with E-state index in [9.17, 15) is 8.42 Å². The lowest BCUT2D eigenvalue weighted by Crippen LogP contribution is -2.29. The molecule has 0 radical (unpaired) electrons. The Balaban J connectivity index is 2.20. The molecule has 2 rings (SSSR count). The van der Waals surface area contributed by atoms with Gasteiger partial charge in [0, 0.05) is 24.2 Å². The molecule has 0 N–H and O–H groups in total. The Morgan fingerprint density at radius 2 is 1.81 bits per heavy atom. The van der Waals surface area contributed by atoms with Crippen molar-refractivity contribution in [1.29, 1.82) is 0 Å². The maximum absolute atomic E-state index is 11.5. The van der Waals surface area contributed by atoms with Gasteiger partial charge in [0.2, 0.25) is 0 Å². The fourth-order valence-electron chi connectivity index (χ4n) is 2.77. The van der Waals surface area contributed by atoms with Crippen molar-refractivity contribution in [3.8, 4) is 5.75 Å². The second-order valence-corrected chi connectivity index (χ2v) is 8.05. The molecule has 0 heterocycles. The predicted octanol–water partition coefficient (Wildman–Crippen LogP) is 3.57. The maximum Gasteiger partial charge on any atom is 0.261 e. The summed E-state index contributed by atoms with van der Waals surface area (Å²) >= 11 is 0. The van der Waals surface area contributed by atoms with Crippen LogP contribution in [0.2, 0.25) is 0 Å². The summed E-state index contributed by atoms with van der Waals surface area (Å²) in [5, 5.41) is 0. The van der Waals surface area contributed by atoms with Crippen LogP contribution >= 0.6 is 10.7 Å². The monoisotopic (exact) mass is 332 g/mol. The highest BCUT2D eigenvalue weighted by molar-refractivity contribution is 8.13. The Morgan fingerprint density at radius 3 is 2.43 bits per heavy atom. The molecule has 1 aliphatic rings. The molecule has 0 spiro atoms. The molecular weight excluding hydrogens is 312 g/mol. The van der Waals surface area contributed by atoms with Crippen LogP contribution in [-0.4, -0.2) is 27.7 Å². The van der Waals surface area contributed by atoms with Crippen molar-refractivity contribution in [3.05, 3.63) is 23.3 Å². The van der Waals surface area contributed by atoms with Gasteiger partial charge >= 0.3 is 0 Å². The van der Waals surface area contributed by atoms with Crippen LogP contribution in [0.3, 0.4) is 0 Å². The Kier molecular flexibility index (Phi) is 5.17. The fourth-order valence-corrected chi connectivity index (χ4v) is 4.02. The summed E-state index contributed by atoms with van der Waals surface area (Å²) in [7, 11) is 3.44. The van der Waals surface area contributed by atoms with Crippen molar-refractivity contribution in [1.82, 2.24) is 0 Å². The van der Waals surface area contributed by atoms with E-state index in [-0.39, 0.29) is 17.1 Å². The second-order valence-electron chi connectivity index (χ2n) is 5.51. The van der Waals surface area contributed by atoms with Gasteiger partial charge in [-0.25, -0.2) is 8.42 Å². The van der Waals surface area contributed by atoms with Gasteiger partial charge in [0.15, 0.2) is 0 Å². The van der Waals surface area contributed by atoms with Gasteiger partial charge in [-0.15, -0.1) is 0 Å². The molecule has 1 aliphatic carbocycles. The smallest absolute Gasteiger partial charge is 0.261 e. The van der Waals surface area contributed by atoms with Gasteiger partial charge in [-0.2, -0.15) is 0 Å². The van der Waals surface area contributed by atoms with E-state index in [1.165, 1.54) is 6.07 Å². The number of benzene rings is 1. The van der Waals surface area contributed by atoms with E-state index in [1.54, 1.807) is 20.1 Å². The van der Waals surface area contributed by atoms with Gasteiger partial charge in [-0.3, -0.25) is 0 Å². The highest BCUT2D eigenvalue weighted by atomic mass is 35.7. The topological polar surface area (TPSA) is 52.6 Å². The number of methoxy groups -OCH3 is 1. The van der Waals surface area contributed by atoms with E-state index in [1.807, 2.05) is 6.92 Å². The van der Waals surface area contributed by atoms with Crippen molar-refractivity contribution in [2.75, 3.05) is 7.11 Å². The zero-order chi connectivity index (χ0) is 15.6. The third-order valence-corrected chi connectivity index (χ3v) is 5.62. The average Bonchev–Trinajstić information content (AvgIpc) is 2.43. The average molecular weight is 333 g/mol. The van der Waals surface area contributed by atoms with Crippen LogP contribution in [0, 0.1) is 13.8 Å². The van der Waals surface area contributed by atoms with Crippen molar-refractivity contribution in [3.63, 3.8) is 0 Å². The van der Waals surface area contributed by atoms with E-state index >= 15 is 0 Å². The standard InChI is InChI=1S/C15H21ClO4S/c1-10-11(2)15(21(16,17)18)8-7-14(10)20-13-6-4-5-12(9-13)19-3/h7-8,12-13H,4-6,9H2,1-3H3. The van der Waals surface area contributed by atoms with Crippen LogP contribution in [0.15, 0.2) is 17.0 Å². The van der Waals surface area contributed by atoms with E-state index in [0.717, 1.165) is 37.0 Å².